The quantitative estimate of drug-likeness (QED) is 0.772. The number of carbonyl (C=O) groups excluding carboxylic acids is 2. The predicted octanol–water partition coefficient (Wildman–Crippen LogP) is 2.03. The average molecular weight is 305 g/mol. The number of hydrogen-bond acceptors (Lipinski definition) is 3. The molecule has 0 aliphatic heterocycles. The molecule has 0 radical (unpaired) electrons. The van der Waals surface area contributed by atoms with Gasteiger partial charge in [0.1, 0.15) is 0 Å². The third-order valence-corrected chi connectivity index (χ3v) is 3.55. The molecule has 2 N–H and O–H groups in total. The first-order chi connectivity index (χ1) is 10.4. The van der Waals surface area contributed by atoms with Gasteiger partial charge in [-0.15, -0.1) is 0 Å². The molecule has 1 rings (SSSR count). The molecule has 2 amide bonds. The summed E-state index contributed by atoms with van der Waals surface area (Å²) in [5, 5.41) is 6.01. The lowest BCUT2D eigenvalue weighted by Gasteiger charge is -2.13. The molecule has 0 saturated heterocycles. The Balaban J connectivity index is 2.38. The van der Waals surface area contributed by atoms with Crippen LogP contribution in [0.2, 0.25) is 0 Å². The molecule has 1 aromatic carbocycles. The number of anilines is 1. The Bertz CT molecular complexity index is 483. The number of aryl methyl sites for hydroxylation is 1. The molecule has 0 saturated carbocycles. The van der Waals surface area contributed by atoms with Gasteiger partial charge in [-0.25, -0.2) is 0 Å². The first-order valence-corrected chi connectivity index (χ1v) is 7.74. The first-order valence-electron chi connectivity index (χ1n) is 7.74. The maximum absolute atomic E-state index is 11.7. The molecule has 0 bridgehead atoms. The van der Waals surface area contributed by atoms with Crippen LogP contribution in [0.4, 0.5) is 5.69 Å². The second-order valence-electron chi connectivity index (χ2n) is 5.72. The standard InChI is InChI=1S/C17H27N3O2/c1-5-13(2)19-16(21)12-18-15-9-6-14(7-10-15)8-11-17(22)20(3)4/h6-7,9-10,13,18H,5,8,11-12H2,1-4H3,(H,19,21). The van der Waals surface area contributed by atoms with E-state index in [2.05, 4.69) is 10.6 Å². The van der Waals surface area contributed by atoms with Gasteiger partial charge in [-0.05, 0) is 37.5 Å². The van der Waals surface area contributed by atoms with Crippen LogP contribution in [0.1, 0.15) is 32.3 Å². The van der Waals surface area contributed by atoms with Gasteiger partial charge in [-0.2, -0.15) is 0 Å². The highest BCUT2D eigenvalue weighted by Crippen LogP contribution is 2.11. The molecular weight excluding hydrogens is 278 g/mol. The van der Waals surface area contributed by atoms with Crippen molar-refractivity contribution in [3.05, 3.63) is 29.8 Å². The second-order valence-corrected chi connectivity index (χ2v) is 5.72. The molecule has 22 heavy (non-hydrogen) atoms. The SMILES string of the molecule is CCC(C)NC(=O)CNc1ccc(CCC(=O)N(C)C)cc1. The van der Waals surface area contributed by atoms with E-state index in [1.165, 1.54) is 0 Å². The molecule has 1 unspecified atom stereocenters. The molecule has 5 nitrogen and oxygen atoms in total. The van der Waals surface area contributed by atoms with Gasteiger partial charge >= 0.3 is 0 Å². The molecule has 5 heteroatoms. The summed E-state index contributed by atoms with van der Waals surface area (Å²) in [5.74, 6) is 0.124. The van der Waals surface area contributed by atoms with E-state index < -0.39 is 0 Å². The highest BCUT2D eigenvalue weighted by atomic mass is 16.2. The van der Waals surface area contributed by atoms with E-state index in [1.807, 2.05) is 38.1 Å². The molecule has 1 aromatic rings. The largest absolute Gasteiger partial charge is 0.376 e. The summed E-state index contributed by atoms with van der Waals surface area (Å²) in [7, 11) is 3.53. The van der Waals surface area contributed by atoms with Crippen molar-refractivity contribution in [2.75, 3.05) is 26.0 Å². The number of amides is 2. The molecule has 0 spiro atoms. The van der Waals surface area contributed by atoms with Crippen molar-refractivity contribution in [1.82, 2.24) is 10.2 Å². The molecule has 0 aliphatic rings. The number of hydrogen-bond donors (Lipinski definition) is 2. The van der Waals surface area contributed by atoms with Gasteiger partial charge in [0.25, 0.3) is 0 Å². The van der Waals surface area contributed by atoms with Gasteiger partial charge in [0, 0.05) is 32.2 Å². The summed E-state index contributed by atoms with van der Waals surface area (Å²) in [6.45, 7) is 4.29. The molecule has 1 atom stereocenters. The third-order valence-electron chi connectivity index (χ3n) is 3.55. The normalized spacial score (nSPS) is 11.6. The maximum Gasteiger partial charge on any atom is 0.239 e. The summed E-state index contributed by atoms with van der Waals surface area (Å²) in [6, 6.07) is 8.04. The Kier molecular flexibility index (Phi) is 7.43. The van der Waals surface area contributed by atoms with Crippen LogP contribution >= 0.6 is 0 Å². The Morgan fingerprint density at radius 3 is 2.36 bits per heavy atom. The van der Waals surface area contributed by atoms with Crippen molar-refractivity contribution in [3.8, 4) is 0 Å². The predicted molar refractivity (Wildman–Crippen MR) is 89.8 cm³/mol. The van der Waals surface area contributed by atoms with Crippen molar-refractivity contribution < 1.29 is 9.59 Å². The van der Waals surface area contributed by atoms with E-state index >= 15 is 0 Å². The van der Waals surface area contributed by atoms with Gasteiger partial charge in [0.05, 0.1) is 6.54 Å². The van der Waals surface area contributed by atoms with Gasteiger partial charge in [0.15, 0.2) is 0 Å². The molecule has 0 fully saturated rings. The summed E-state index contributed by atoms with van der Waals surface area (Å²) >= 11 is 0. The van der Waals surface area contributed by atoms with Gasteiger partial charge in [-0.1, -0.05) is 19.1 Å². The number of nitrogens with zero attached hydrogens (tertiary/aromatic N) is 1. The number of nitrogens with one attached hydrogen (secondary N) is 2. The summed E-state index contributed by atoms with van der Waals surface area (Å²) in [5.41, 5.74) is 2.02. The fourth-order valence-corrected chi connectivity index (χ4v) is 1.87. The van der Waals surface area contributed by atoms with Crippen molar-refractivity contribution >= 4 is 17.5 Å². The van der Waals surface area contributed by atoms with Crippen LogP contribution in [-0.4, -0.2) is 43.4 Å². The number of rotatable bonds is 8. The lowest BCUT2D eigenvalue weighted by Crippen LogP contribution is -2.36. The van der Waals surface area contributed by atoms with Crippen LogP contribution in [0.15, 0.2) is 24.3 Å². The summed E-state index contributed by atoms with van der Waals surface area (Å²) < 4.78 is 0. The van der Waals surface area contributed by atoms with Gasteiger partial charge in [-0.3, -0.25) is 9.59 Å². The highest BCUT2D eigenvalue weighted by Gasteiger charge is 2.06. The van der Waals surface area contributed by atoms with E-state index in [0.717, 1.165) is 24.1 Å². The second kappa shape index (κ2) is 9.07. The fraction of sp³-hybridized carbons (Fsp3) is 0.529. The Morgan fingerprint density at radius 1 is 1.18 bits per heavy atom. The highest BCUT2D eigenvalue weighted by molar-refractivity contribution is 5.81. The van der Waals surface area contributed by atoms with Crippen molar-refractivity contribution in [3.63, 3.8) is 0 Å². The molecule has 0 aromatic heterocycles. The number of carbonyl (C=O) groups is 2. The molecular formula is C17H27N3O2. The van der Waals surface area contributed by atoms with Gasteiger partial charge < -0.3 is 15.5 Å². The lowest BCUT2D eigenvalue weighted by molar-refractivity contribution is -0.128. The topological polar surface area (TPSA) is 61.4 Å². The van der Waals surface area contributed by atoms with Crippen LogP contribution in [0, 0.1) is 0 Å². The monoisotopic (exact) mass is 305 g/mol. The first kappa shape index (κ1) is 18.0. The van der Waals surface area contributed by atoms with E-state index in [9.17, 15) is 9.59 Å². The van der Waals surface area contributed by atoms with E-state index in [0.29, 0.717) is 6.42 Å². The van der Waals surface area contributed by atoms with Crippen LogP contribution in [-0.2, 0) is 16.0 Å². The van der Waals surface area contributed by atoms with Crippen LogP contribution < -0.4 is 10.6 Å². The Hall–Kier alpha value is -2.04. The zero-order chi connectivity index (χ0) is 16.5. The third kappa shape index (κ3) is 6.61. The van der Waals surface area contributed by atoms with Crippen molar-refractivity contribution in [2.24, 2.45) is 0 Å². The van der Waals surface area contributed by atoms with E-state index in [4.69, 9.17) is 0 Å². The average Bonchev–Trinajstić information content (AvgIpc) is 2.51. The molecule has 122 valence electrons. The number of benzene rings is 1. The van der Waals surface area contributed by atoms with E-state index in [-0.39, 0.29) is 24.4 Å². The van der Waals surface area contributed by atoms with Crippen LogP contribution in [0.5, 0.6) is 0 Å². The van der Waals surface area contributed by atoms with Crippen molar-refractivity contribution in [1.29, 1.82) is 0 Å². The molecule has 0 heterocycles. The Morgan fingerprint density at radius 2 is 1.82 bits per heavy atom. The minimum atomic E-state index is -0.00462. The van der Waals surface area contributed by atoms with E-state index in [1.54, 1.807) is 19.0 Å². The zero-order valence-corrected chi connectivity index (χ0v) is 14.0. The van der Waals surface area contributed by atoms with Gasteiger partial charge in [0.2, 0.25) is 11.8 Å². The van der Waals surface area contributed by atoms with Crippen molar-refractivity contribution in [2.45, 2.75) is 39.2 Å². The minimum Gasteiger partial charge on any atom is -0.376 e. The Labute approximate surface area is 133 Å². The summed E-state index contributed by atoms with van der Waals surface area (Å²) in [6.07, 6.45) is 2.16. The van der Waals surface area contributed by atoms with Crippen LogP contribution in [0.25, 0.3) is 0 Å². The minimum absolute atomic E-state index is 0.00462. The lowest BCUT2D eigenvalue weighted by atomic mass is 10.1. The fourth-order valence-electron chi connectivity index (χ4n) is 1.87. The zero-order valence-electron chi connectivity index (χ0n) is 14.0. The maximum atomic E-state index is 11.7. The molecule has 0 aliphatic carbocycles. The summed E-state index contributed by atoms with van der Waals surface area (Å²) in [4.78, 5) is 24.8. The van der Waals surface area contributed by atoms with Crippen LogP contribution in [0.3, 0.4) is 0 Å². The smallest absolute Gasteiger partial charge is 0.239 e.